The molecule has 1 aromatic carbocycles. The first-order valence-corrected chi connectivity index (χ1v) is 7.36. The molecule has 5 heteroatoms. The average Bonchev–Trinajstić information content (AvgIpc) is 2.48. The molecule has 0 aliphatic carbocycles. The van der Waals surface area contributed by atoms with Crippen molar-refractivity contribution in [2.75, 3.05) is 19.7 Å². The second-order valence-corrected chi connectivity index (χ2v) is 5.78. The number of nitrogens with zero attached hydrogens (tertiary/aromatic N) is 1. The molecule has 2 rings (SSSR count). The lowest BCUT2D eigenvalue weighted by Crippen LogP contribution is -2.39. The zero-order valence-corrected chi connectivity index (χ0v) is 12.5. The highest BCUT2D eigenvalue weighted by atomic mass is 19.1. The molecule has 0 atom stereocenters. The van der Waals surface area contributed by atoms with Gasteiger partial charge in [-0.25, -0.2) is 4.39 Å². The third kappa shape index (κ3) is 4.17. The van der Waals surface area contributed by atoms with Crippen LogP contribution >= 0.6 is 0 Å². The van der Waals surface area contributed by atoms with E-state index in [-0.39, 0.29) is 12.0 Å². The molecule has 0 radical (unpaired) electrons. The fourth-order valence-corrected chi connectivity index (χ4v) is 2.46. The maximum absolute atomic E-state index is 13.0. The third-order valence-corrected chi connectivity index (χ3v) is 3.76. The molecule has 0 unspecified atom stereocenters. The number of phenolic OH excluding ortho intramolecular Hbond substituents is 1. The predicted octanol–water partition coefficient (Wildman–Crippen LogP) is 2.81. The van der Waals surface area contributed by atoms with Crippen LogP contribution in [-0.2, 0) is 4.74 Å². The van der Waals surface area contributed by atoms with E-state index in [4.69, 9.17) is 4.74 Å². The second-order valence-electron chi connectivity index (χ2n) is 5.78. The molecule has 0 aromatic heterocycles. The van der Waals surface area contributed by atoms with Crippen LogP contribution in [0.25, 0.3) is 0 Å². The Morgan fingerprint density at radius 1 is 1.43 bits per heavy atom. The largest absolute Gasteiger partial charge is 0.505 e. The Kier molecular flexibility index (Phi) is 5.17. The van der Waals surface area contributed by atoms with Gasteiger partial charge in [-0.1, -0.05) is 0 Å². The van der Waals surface area contributed by atoms with Crippen LogP contribution in [-0.4, -0.2) is 41.7 Å². The minimum Gasteiger partial charge on any atom is -0.505 e. The van der Waals surface area contributed by atoms with E-state index in [0.717, 1.165) is 25.5 Å². The van der Waals surface area contributed by atoms with Gasteiger partial charge in [0.15, 0.2) is 11.6 Å². The first-order valence-electron chi connectivity index (χ1n) is 7.36. The number of hydrogen-bond donors (Lipinski definition) is 1. The SMILES string of the molecule is CC(C)OCC1CCN(C(=O)c2ccc(F)c(O)c2)CC1. The minimum absolute atomic E-state index is 0.159. The number of carbonyl (C=O) groups is 1. The molecule has 0 bridgehead atoms. The van der Waals surface area contributed by atoms with Crippen molar-refractivity contribution < 1.29 is 19.0 Å². The lowest BCUT2D eigenvalue weighted by atomic mass is 9.97. The van der Waals surface area contributed by atoms with Crippen LogP contribution < -0.4 is 0 Å². The molecule has 21 heavy (non-hydrogen) atoms. The molecule has 116 valence electrons. The normalized spacial score (nSPS) is 16.5. The maximum atomic E-state index is 13.0. The molecule has 1 aromatic rings. The lowest BCUT2D eigenvalue weighted by Gasteiger charge is -2.32. The van der Waals surface area contributed by atoms with Gasteiger partial charge in [0.2, 0.25) is 0 Å². The number of benzene rings is 1. The molecule has 1 N–H and O–H groups in total. The van der Waals surface area contributed by atoms with E-state index in [1.165, 1.54) is 12.1 Å². The number of likely N-dealkylation sites (tertiary alicyclic amines) is 1. The summed E-state index contributed by atoms with van der Waals surface area (Å²) in [5.41, 5.74) is 0.325. The van der Waals surface area contributed by atoms with Crippen LogP contribution in [0.1, 0.15) is 37.0 Å². The summed E-state index contributed by atoms with van der Waals surface area (Å²) >= 11 is 0. The lowest BCUT2D eigenvalue weighted by molar-refractivity contribution is 0.0286. The van der Waals surface area contributed by atoms with Crippen LogP contribution in [0.5, 0.6) is 5.75 Å². The molecule has 1 aliphatic heterocycles. The summed E-state index contributed by atoms with van der Waals surface area (Å²) in [5, 5.41) is 9.35. The summed E-state index contributed by atoms with van der Waals surface area (Å²) in [6.07, 6.45) is 2.05. The number of piperidine rings is 1. The highest BCUT2D eigenvalue weighted by Gasteiger charge is 2.24. The third-order valence-electron chi connectivity index (χ3n) is 3.76. The topological polar surface area (TPSA) is 49.8 Å². The van der Waals surface area contributed by atoms with Crippen molar-refractivity contribution in [2.24, 2.45) is 5.92 Å². The highest BCUT2D eigenvalue weighted by Crippen LogP contribution is 2.22. The summed E-state index contributed by atoms with van der Waals surface area (Å²) in [6, 6.07) is 3.71. The van der Waals surface area contributed by atoms with Gasteiger partial charge >= 0.3 is 0 Å². The Morgan fingerprint density at radius 3 is 2.67 bits per heavy atom. The summed E-state index contributed by atoms with van der Waals surface area (Å²) < 4.78 is 18.6. The number of ether oxygens (including phenoxy) is 1. The monoisotopic (exact) mass is 295 g/mol. The first-order chi connectivity index (χ1) is 9.97. The smallest absolute Gasteiger partial charge is 0.253 e. The van der Waals surface area contributed by atoms with Crippen molar-refractivity contribution in [3.63, 3.8) is 0 Å². The Bertz CT molecular complexity index is 496. The van der Waals surface area contributed by atoms with E-state index >= 15 is 0 Å². The summed E-state index contributed by atoms with van der Waals surface area (Å²) in [5.74, 6) is -0.872. The molecule has 0 spiro atoms. The van der Waals surface area contributed by atoms with Gasteiger partial charge in [-0.3, -0.25) is 4.79 Å². The van der Waals surface area contributed by atoms with Crippen LogP contribution in [0.4, 0.5) is 4.39 Å². The summed E-state index contributed by atoms with van der Waals surface area (Å²) in [7, 11) is 0. The number of hydrogen-bond acceptors (Lipinski definition) is 3. The average molecular weight is 295 g/mol. The fourth-order valence-electron chi connectivity index (χ4n) is 2.46. The quantitative estimate of drug-likeness (QED) is 0.929. The van der Waals surface area contributed by atoms with Crippen molar-refractivity contribution in [3.8, 4) is 5.75 Å². The summed E-state index contributed by atoms with van der Waals surface area (Å²) in [4.78, 5) is 14.0. The first kappa shape index (κ1) is 15.8. The van der Waals surface area contributed by atoms with E-state index in [1.807, 2.05) is 13.8 Å². The number of amides is 1. The number of rotatable bonds is 4. The van der Waals surface area contributed by atoms with Gasteiger partial charge in [0.1, 0.15) is 0 Å². The zero-order chi connectivity index (χ0) is 15.4. The molecular formula is C16H22FNO3. The van der Waals surface area contributed by atoms with E-state index in [1.54, 1.807) is 4.90 Å². The number of carbonyl (C=O) groups excluding carboxylic acids is 1. The predicted molar refractivity (Wildman–Crippen MR) is 77.8 cm³/mol. The van der Waals surface area contributed by atoms with E-state index in [0.29, 0.717) is 24.6 Å². The zero-order valence-electron chi connectivity index (χ0n) is 12.5. The van der Waals surface area contributed by atoms with Crippen LogP contribution in [0, 0.1) is 11.7 Å². The molecule has 1 amide bonds. The van der Waals surface area contributed by atoms with Gasteiger partial charge in [-0.15, -0.1) is 0 Å². The maximum Gasteiger partial charge on any atom is 0.253 e. The Balaban J connectivity index is 1.89. The number of aromatic hydroxyl groups is 1. The van der Waals surface area contributed by atoms with Gasteiger partial charge in [0.25, 0.3) is 5.91 Å². The summed E-state index contributed by atoms with van der Waals surface area (Å²) in [6.45, 7) is 6.10. The number of phenols is 1. The van der Waals surface area contributed by atoms with Crippen molar-refractivity contribution in [1.29, 1.82) is 0 Å². The van der Waals surface area contributed by atoms with Gasteiger partial charge in [0, 0.05) is 25.3 Å². The van der Waals surface area contributed by atoms with Crippen LogP contribution in [0.3, 0.4) is 0 Å². The van der Waals surface area contributed by atoms with Gasteiger partial charge in [-0.2, -0.15) is 0 Å². The standard InChI is InChI=1S/C16H22FNO3/c1-11(2)21-10-12-5-7-18(8-6-12)16(20)13-3-4-14(17)15(19)9-13/h3-4,9,11-12,19H,5-8,10H2,1-2H3. The van der Waals surface area contributed by atoms with Crippen molar-refractivity contribution >= 4 is 5.91 Å². The van der Waals surface area contributed by atoms with Crippen LogP contribution in [0.15, 0.2) is 18.2 Å². The van der Waals surface area contributed by atoms with Crippen molar-refractivity contribution in [2.45, 2.75) is 32.8 Å². The van der Waals surface area contributed by atoms with Gasteiger partial charge in [0.05, 0.1) is 6.10 Å². The molecule has 0 saturated carbocycles. The van der Waals surface area contributed by atoms with E-state index in [2.05, 4.69) is 0 Å². The molecule has 1 fully saturated rings. The Hall–Kier alpha value is -1.62. The van der Waals surface area contributed by atoms with Crippen LogP contribution in [0.2, 0.25) is 0 Å². The minimum atomic E-state index is -0.712. The second kappa shape index (κ2) is 6.89. The highest BCUT2D eigenvalue weighted by molar-refractivity contribution is 5.94. The van der Waals surface area contributed by atoms with Crippen molar-refractivity contribution in [1.82, 2.24) is 4.90 Å². The fraction of sp³-hybridized carbons (Fsp3) is 0.562. The Labute approximate surface area is 124 Å². The molecule has 1 aliphatic rings. The molecular weight excluding hydrogens is 273 g/mol. The van der Waals surface area contributed by atoms with Gasteiger partial charge in [-0.05, 0) is 50.8 Å². The van der Waals surface area contributed by atoms with Crippen molar-refractivity contribution in [3.05, 3.63) is 29.6 Å². The van der Waals surface area contributed by atoms with E-state index < -0.39 is 11.6 Å². The molecule has 1 heterocycles. The van der Waals surface area contributed by atoms with E-state index in [9.17, 15) is 14.3 Å². The van der Waals surface area contributed by atoms with Gasteiger partial charge < -0.3 is 14.7 Å². The molecule has 4 nitrogen and oxygen atoms in total. The number of halogens is 1. The molecule has 1 saturated heterocycles. The Morgan fingerprint density at radius 2 is 2.10 bits per heavy atom.